The normalized spacial score (nSPS) is 11.4. The second kappa shape index (κ2) is 6.13. The fraction of sp³-hybridized carbons (Fsp3) is 0. The maximum Gasteiger partial charge on any atom is 0.267 e. The van der Waals surface area contributed by atoms with Gasteiger partial charge in [-0.2, -0.15) is 0 Å². The van der Waals surface area contributed by atoms with E-state index >= 15 is 0 Å². The molecule has 0 atom stereocenters. The zero-order chi connectivity index (χ0) is 14.7. The van der Waals surface area contributed by atoms with Crippen LogP contribution in [0.2, 0.25) is 10.0 Å². The average molecular weight is 330 g/mol. The molecule has 8 heteroatoms. The molecule has 0 saturated carbocycles. The Balaban J connectivity index is 2.23. The van der Waals surface area contributed by atoms with Gasteiger partial charge in [0.25, 0.3) is 5.91 Å². The Kier molecular flexibility index (Phi) is 4.49. The molecule has 0 saturated heterocycles. The van der Waals surface area contributed by atoms with Crippen LogP contribution < -0.4 is 11.1 Å². The molecular formula is C12H9Cl2N3O2S. The van der Waals surface area contributed by atoms with Crippen molar-refractivity contribution < 1.29 is 10.0 Å². The van der Waals surface area contributed by atoms with Gasteiger partial charge in [-0.15, -0.1) is 11.3 Å². The molecule has 0 aliphatic rings. The van der Waals surface area contributed by atoms with Gasteiger partial charge in [-0.3, -0.25) is 4.79 Å². The summed E-state index contributed by atoms with van der Waals surface area (Å²) >= 11 is 13.2. The summed E-state index contributed by atoms with van der Waals surface area (Å²) in [5.41, 5.74) is 6.31. The molecule has 0 radical (unpaired) electrons. The van der Waals surface area contributed by atoms with Gasteiger partial charge in [0.05, 0.1) is 15.7 Å². The highest BCUT2D eigenvalue weighted by molar-refractivity contribution is 7.12. The topological polar surface area (TPSA) is 87.7 Å². The molecule has 0 aliphatic carbocycles. The summed E-state index contributed by atoms with van der Waals surface area (Å²) in [6, 6.07) is 6.27. The van der Waals surface area contributed by atoms with Crippen LogP contribution >= 0.6 is 34.5 Å². The highest BCUT2D eigenvalue weighted by Gasteiger charge is 2.14. The number of nitrogens with two attached hydrogens (primary N) is 1. The van der Waals surface area contributed by atoms with Crippen LogP contribution in [-0.2, 0) is 0 Å². The third kappa shape index (κ3) is 3.04. The number of hydrogen-bond acceptors (Lipinski definition) is 4. The van der Waals surface area contributed by atoms with Gasteiger partial charge in [-0.05, 0) is 29.6 Å². The summed E-state index contributed by atoms with van der Waals surface area (Å²) in [5, 5.41) is 16.5. The van der Waals surface area contributed by atoms with E-state index < -0.39 is 0 Å². The molecule has 0 unspecified atom stereocenters. The largest absolute Gasteiger partial charge is 0.409 e. The highest BCUT2D eigenvalue weighted by atomic mass is 35.5. The first kappa shape index (κ1) is 14.6. The number of nitrogens with one attached hydrogen (secondary N) is 1. The van der Waals surface area contributed by atoms with Crippen LogP contribution in [0.25, 0.3) is 0 Å². The minimum absolute atomic E-state index is 0.0638. The number of benzene rings is 1. The maximum atomic E-state index is 12.0. The van der Waals surface area contributed by atoms with E-state index in [-0.39, 0.29) is 16.8 Å². The van der Waals surface area contributed by atoms with Crippen LogP contribution in [-0.4, -0.2) is 17.0 Å². The molecule has 104 valence electrons. The number of hydrogen-bond donors (Lipinski definition) is 3. The third-order valence-electron chi connectivity index (χ3n) is 2.44. The monoisotopic (exact) mass is 329 g/mol. The van der Waals surface area contributed by atoms with Crippen molar-refractivity contribution in [3.05, 3.63) is 50.1 Å². The Morgan fingerprint density at radius 2 is 2.05 bits per heavy atom. The molecule has 0 aliphatic heterocycles. The standard InChI is InChI=1S/C12H9Cl2N3O2S/c13-7-3-4-20-10(7)12(18)16-9-2-1-6(5-8(9)14)11(15)17-19/h1-5,19H,(H2,15,17)(H,16,18). The van der Waals surface area contributed by atoms with Gasteiger partial charge in [-0.1, -0.05) is 28.4 Å². The van der Waals surface area contributed by atoms with Crippen LogP contribution in [0.3, 0.4) is 0 Å². The number of rotatable bonds is 3. The van der Waals surface area contributed by atoms with Gasteiger partial charge in [-0.25, -0.2) is 0 Å². The Labute approximate surface area is 128 Å². The molecule has 1 aromatic carbocycles. The summed E-state index contributed by atoms with van der Waals surface area (Å²) in [7, 11) is 0. The van der Waals surface area contributed by atoms with Crippen LogP contribution in [0, 0.1) is 0 Å². The minimum Gasteiger partial charge on any atom is -0.409 e. The molecule has 2 rings (SSSR count). The SMILES string of the molecule is N/C(=N/O)c1ccc(NC(=O)c2sccc2Cl)c(Cl)c1. The first-order valence-electron chi connectivity index (χ1n) is 5.34. The minimum atomic E-state index is -0.344. The van der Waals surface area contributed by atoms with Gasteiger partial charge >= 0.3 is 0 Å². The van der Waals surface area contributed by atoms with Crippen LogP contribution in [0.5, 0.6) is 0 Å². The van der Waals surface area contributed by atoms with Crippen LogP contribution in [0.4, 0.5) is 5.69 Å². The summed E-state index contributed by atoms with van der Waals surface area (Å²) in [6.45, 7) is 0. The number of oxime groups is 1. The van der Waals surface area contributed by atoms with Gasteiger partial charge in [0, 0.05) is 5.56 Å². The number of carbonyl (C=O) groups excluding carboxylic acids is 1. The summed E-state index contributed by atoms with van der Waals surface area (Å²) in [5.74, 6) is -0.408. The molecular weight excluding hydrogens is 321 g/mol. The number of thiophene rings is 1. The smallest absolute Gasteiger partial charge is 0.267 e. The zero-order valence-electron chi connectivity index (χ0n) is 9.93. The predicted octanol–water partition coefficient (Wildman–Crippen LogP) is 3.40. The fourth-order valence-corrected chi connectivity index (χ4v) is 2.73. The first-order chi connectivity index (χ1) is 9.52. The summed E-state index contributed by atoms with van der Waals surface area (Å²) < 4.78 is 0. The van der Waals surface area contributed by atoms with Gasteiger partial charge in [0.1, 0.15) is 4.88 Å². The average Bonchev–Trinajstić information content (AvgIpc) is 2.86. The van der Waals surface area contributed by atoms with Crippen molar-refractivity contribution >= 4 is 52.0 Å². The highest BCUT2D eigenvalue weighted by Crippen LogP contribution is 2.27. The lowest BCUT2D eigenvalue weighted by Gasteiger charge is -2.08. The van der Waals surface area contributed by atoms with E-state index in [1.807, 2.05) is 0 Å². The first-order valence-corrected chi connectivity index (χ1v) is 6.98. The summed E-state index contributed by atoms with van der Waals surface area (Å²) in [6.07, 6.45) is 0. The van der Waals surface area contributed by atoms with E-state index in [1.54, 1.807) is 23.6 Å². The molecule has 2 aromatic rings. The Morgan fingerprint density at radius 3 is 2.60 bits per heavy atom. The zero-order valence-corrected chi connectivity index (χ0v) is 12.3. The van der Waals surface area contributed by atoms with Gasteiger partial charge < -0.3 is 16.3 Å². The molecule has 0 fully saturated rings. The second-order valence-corrected chi connectivity index (χ2v) is 5.46. The lowest BCUT2D eigenvalue weighted by atomic mass is 10.2. The molecule has 1 amide bonds. The maximum absolute atomic E-state index is 12.0. The molecule has 0 bridgehead atoms. The lowest BCUT2D eigenvalue weighted by molar-refractivity contribution is 0.103. The number of anilines is 1. The molecule has 20 heavy (non-hydrogen) atoms. The van der Waals surface area contributed by atoms with E-state index in [4.69, 9.17) is 34.1 Å². The second-order valence-electron chi connectivity index (χ2n) is 3.73. The molecule has 1 aromatic heterocycles. The fourth-order valence-electron chi connectivity index (χ4n) is 1.47. The lowest BCUT2D eigenvalue weighted by Crippen LogP contribution is -2.14. The molecule has 5 nitrogen and oxygen atoms in total. The number of nitrogens with zero attached hydrogens (tertiary/aromatic N) is 1. The number of amidine groups is 1. The van der Waals surface area contributed by atoms with Crippen LogP contribution in [0.1, 0.15) is 15.2 Å². The van der Waals surface area contributed by atoms with Crippen molar-refractivity contribution in [2.24, 2.45) is 10.9 Å². The van der Waals surface area contributed by atoms with Crippen molar-refractivity contribution in [2.45, 2.75) is 0 Å². The third-order valence-corrected chi connectivity index (χ3v) is 4.10. The molecule has 4 N–H and O–H groups in total. The van der Waals surface area contributed by atoms with Crippen molar-refractivity contribution in [1.82, 2.24) is 0 Å². The Morgan fingerprint density at radius 1 is 1.30 bits per heavy atom. The van der Waals surface area contributed by atoms with E-state index in [9.17, 15) is 4.79 Å². The van der Waals surface area contributed by atoms with Gasteiger partial charge in [0.2, 0.25) is 0 Å². The van der Waals surface area contributed by atoms with Gasteiger partial charge in [0.15, 0.2) is 5.84 Å². The number of halogens is 2. The molecule has 1 heterocycles. The Bertz CT molecular complexity index is 685. The van der Waals surface area contributed by atoms with E-state index in [0.717, 1.165) is 0 Å². The van der Waals surface area contributed by atoms with Crippen LogP contribution in [0.15, 0.2) is 34.8 Å². The van der Waals surface area contributed by atoms with Crippen molar-refractivity contribution in [3.8, 4) is 0 Å². The van der Waals surface area contributed by atoms with E-state index in [1.165, 1.54) is 17.4 Å². The van der Waals surface area contributed by atoms with Crippen molar-refractivity contribution in [1.29, 1.82) is 0 Å². The predicted molar refractivity (Wildman–Crippen MR) is 81.2 cm³/mol. The number of amides is 1. The van der Waals surface area contributed by atoms with Crippen molar-refractivity contribution in [2.75, 3.05) is 5.32 Å². The van der Waals surface area contributed by atoms with E-state index in [2.05, 4.69) is 10.5 Å². The molecule has 0 spiro atoms. The van der Waals surface area contributed by atoms with Crippen molar-refractivity contribution in [3.63, 3.8) is 0 Å². The van der Waals surface area contributed by atoms with E-state index in [0.29, 0.717) is 21.2 Å². The Hall–Kier alpha value is -1.76. The summed E-state index contributed by atoms with van der Waals surface area (Å²) in [4.78, 5) is 12.4. The number of carbonyl (C=O) groups is 1. The quantitative estimate of drug-likeness (QED) is 0.349.